The third-order valence-electron chi connectivity index (χ3n) is 8.51. The number of carbonyl (C=O) groups excluding carboxylic acids is 2. The van der Waals surface area contributed by atoms with Gasteiger partial charge in [-0.2, -0.15) is 0 Å². The standard InChI is InChI=1S/C29H37NO3/c1-19-12-13-22-23(11-8-15-28(22,2)3)29(19,4)18-21-26(32)24(17-25(31)27(21)33)30-16-14-20-9-6-5-7-10-20/h5-7,9-10,13,17,19,23,30,32H,8,11-12,14-16,18H2,1-4H3. The molecule has 176 valence electrons. The summed E-state index contributed by atoms with van der Waals surface area (Å²) in [6.07, 6.45) is 9.31. The number of ketones is 2. The van der Waals surface area contributed by atoms with E-state index in [1.807, 2.05) is 18.2 Å². The normalized spacial score (nSPS) is 29.3. The van der Waals surface area contributed by atoms with E-state index in [9.17, 15) is 14.7 Å². The summed E-state index contributed by atoms with van der Waals surface area (Å²) in [6, 6.07) is 10.1. The summed E-state index contributed by atoms with van der Waals surface area (Å²) in [5.41, 5.74) is 3.32. The van der Waals surface area contributed by atoms with E-state index in [0.717, 1.165) is 19.3 Å². The number of carbonyl (C=O) groups is 2. The minimum absolute atomic E-state index is 0.0488. The van der Waals surface area contributed by atoms with Gasteiger partial charge < -0.3 is 10.4 Å². The molecule has 3 aliphatic carbocycles. The molecule has 4 rings (SSSR count). The molecule has 1 saturated carbocycles. The van der Waals surface area contributed by atoms with Crippen LogP contribution in [0.15, 0.2) is 65.1 Å². The third kappa shape index (κ3) is 4.45. The van der Waals surface area contributed by atoms with Gasteiger partial charge in [0.25, 0.3) is 0 Å². The predicted molar refractivity (Wildman–Crippen MR) is 132 cm³/mol. The molecule has 4 heteroatoms. The summed E-state index contributed by atoms with van der Waals surface area (Å²) in [6.45, 7) is 9.73. The molecule has 1 aromatic rings. The molecular formula is C29H37NO3. The highest BCUT2D eigenvalue weighted by Crippen LogP contribution is 2.58. The molecule has 0 heterocycles. The van der Waals surface area contributed by atoms with Crippen LogP contribution >= 0.6 is 0 Å². The van der Waals surface area contributed by atoms with Gasteiger partial charge >= 0.3 is 0 Å². The predicted octanol–water partition coefficient (Wildman–Crippen LogP) is 5.86. The maximum absolute atomic E-state index is 12.9. The average molecular weight is 448 g/mol. The highest BCUT2D eigenvalue weighted by Gasteiger charge is 2.49. The monoisotopic (exact) mass is 447 g/mol. The van der Waals surface area contributed by atoms with Crippen LogP contribution in [0.25, 0.3) is 0 Å². The number of hydrogen-bond donors (Lipinski definition) is 2. The van der Waals surface area contributed by atoms with E-state index in [1.165, 1.54) is 30.1 Å². The van der Waals surface area contributed by atoms with Crippen LogP contribution in [0.5, 0.6) is 0 Å². The minimum Gasteiger partial charge on any atom is -0.505 e. The number of aliphatic hydroxyl groups excluding tert-OH is 1. The Balaban J connectivity index is 1.58. The molecule has 1 aromatic carbocycles. The van der Waals surface area contributed by atoms with Gasteiger partial charge in [0.1, 0.15) is 5.76 Å². The molecule has 0 saturated heterocycles. The van der Waals surface area contributed by atoms with Gasteiger partial charge in [-0.25, -0.2) is 0 Å². The SMILES string of the molecule is CC1CC=C2C(CCCC2(C)C)C1(C)CC1=C(O)C(NCCc2ccccc2)=CC(=O)C1=O. The molecular weight excluding hydrogens is 410 g/mol. The number of nitrogens with one attached hydrogen (secondary N) is 1. The van der Waals surface area contributed by atoms with Gasteiger partial charge in [0, 0.05) is 18.2 Å². The van der Waals surface area contributed by atoms with Gasteiger partial charge in [0.2, 0.25) is 11.6 Å². The molecule has 3 aliphatic rings. The summed E-state index contributed by atoms with van der Waals surface area (Å²) in [4.78, 5) is 25.5. The molecule has 1 fully saturated rings. The minimum atomic E-state index is -0.555. The van der Waals surface area contributed by atoms with Crippen molar-refractivity contribution in [2.75, 3.05) is 6.54 Å². The lowest BCUT2D eigenvalue weighted by molar-refractivity contribution is -0.132. The van der Waals surface area contributed by atoms with E-state index < -0.39 is 11.6 Å². The van der Waals surface area contributed by atoms with E-state index in [0.29, 0.717) is 30.5 Å². The smallest absolute Gasteiger partial charge is 0.232 e. The maximum Gasteiger partial charge on any atom is 0.232 e. The molecule has 0 radical (unpaired) electrons. The van der Waals surface area contributed by atoms with Gasteiger partial charge in [-0.05, 0) is 60.3 Å². The summed E-state index contributed by atoms with van der Waals surface area (Å²) < 4.78 is 0. The number of benzene rings is 1. The lowest BCUT2D eigenvalue weighted by Gasteiger charge is -2.53. The molecule has 3 unspecified atom stereocenters. The first-order valence-corrected chi connectivity index (χ1v) is 12.3. The zero-order valence-corrected chi connectivity index (χ0v) is 20.4. The van der Waals surface area contributed by atoms with Crippen LogP contribution in [0.3, 0.4) is 0 Å². The van der Waals surface area contributed by atoms with E-state index >= 15 is 0 Å². The van der Waals surface area contributed by atoms with Crippen molar-refractivity contribution in [3.8, 4) is 0 Å². The molecule has 4 nitrogen and oxygen atoms in total. The molecule has 0 bridgehead atoms. The Bertz CT molecular complexity index is 1030. The summed E-state index contributed by atoms with van der Waals surface area (Å²) in [5, 5.41) is 14.3. The summed E-state index contributed by atoms with van der Waals surface area (Å²) in [5.74, 6) is -0.415. The summed E-state index contributed by atoms with van der Waals surface area (Å²) in [7, 11) is 0. The van der Waals surface area contributed by atoms with Crippen LogP contribution in [0.4, 0.5) is 0 Å². The lowest BCUT2D eigenvalue weighted by Crippen LogP contribution is -2.45. The van der Waals surface area contributed by atoms with E-state index in [-0.39, 0.29) is 22.2 Å². The fraction of sp³-hybridized carbons (Fsp3) is 0.517. The largest absolute Gasteiger partial charge is 0.505 e. The Morgan fingerprint density at radius 1 is 1.12 bits per heavy atom. The van der Waals surface area contributed by atoms with Crippen LogP contribution in [0.2, 0.25) is 0 Å². The van der Waals surface area contributed by atoms with E-state index in [4.69, 9.17) is 0 Å². The highest BCUT2D eigenvalue weighted by molar-refractivity contribution is 6.48. The van der Waals surface area contributed by atoms with Crippen molar-refractivity contribution in [1.29, 1.82) is 0 Å². The van der Waals surface area contributed by atoms with Crippen molar-refractivity contribution in [3.63, 3.8) is 0 Å². The molecule has 0 spiro atoms. The summed E-state index contributed by atoms with van der Waals surface area (Å²) >= 11 is 0. The van der Waals surface area contributed by atoms with Crippen LogP contribution < -0.4 is 5.32 Å². The Labute approximate surface area is 197 Å². The lowest BCUT2D eigenvalue weighted by atomic mass is 9.51. The second-order valence-electron chi connectivity index (χ2n) is 11.0. The number of Topliss-reactive ketones (excluding diaryl/α,β-unsaturated/α-hetero) is 1. The Hall–Kier alpha value is -2.62. The van der Waals surface area contributed by atoms with Crippen molar-refractivity contribution in [2.24, 2.45) is 22.7 Å². The Morgan fingerprint density at radius 3 is 2.58 bits per heavy atom. The van der Waals surface area contributed by atoms with Gasteiger partial charge in [-0.15, -0.1) is 0 Å². The molecule has 0 aliphatic heterocycles. The number of hydrogen-bond acceptors (Lipinski definition) is 4. The van der Waals surface area contributed by atoms with Crippen molar-refractivity contribution in [3.05, 3.63) is 70.6 Å². The molecule has 3 atom stereocenters. The number of fused-ring (bicyclic) bond motifs is 1. The van der Waals surface area contributed by atoms with Crippen LogP contribution in [-0.4, -0.2) is 23.2 Å². The van der Waals surface area contributed by atoms with Crippen LogP contribution in [0, 0.1) is 22.7 Å². The zero-order chi connectivity index (χ0) is 23.8. The third-order valence-corrected chi connectivity index (χ3v) is 8.51. The highest BCUT2D eigenvalue weighted by atomic mass is 16.3. The zero-order valence-electron chi connectivity index (χ0n) is 20.4. The van der Waals surface area contributed by atoms with Crippen molar-refractivity contribution in [2.45, 2.75) is 66.2 Å². The number of allylic oxidation sites excluding steroid dienone is 4. The van der Waals surface area contributed by atoms with E-state index in [1.54, 1.807) is 0 Å². The van der Waals surface area contributed by atoms with Crippen LogP contribution in [0.1, 0.15) is 65.4 Å². The van der Waals surface area contributed by atoms with Crippen molar-refractivity contribution < 1.29 is 14.7 Å². The second kappa shape index (κ2) is 8.96. The number of rotatable bonds is 6. The van der Waals surface area contributed by atoms with E-state index in [2.05, 4.69) is 51.2 Å². The van der Waals surface area contributed by atoms with Crippen molar-refractivity contribution >= 4 is 11.6 Å². The topological polar surface area (TPSA) is 66.4 Å². The molecule has 33 heavy (non-hydrogen) atoms. The van der Waals surface area contributed by atoms with Gasteiger partial charge in [0.15, 0.2) is 0 Å². The fourth-order valence-electron chi connectivity index (χ4n) is 6.19. The Kier molecular flexibility index (Phi) is 6.39. The molecule has 0 aromatic heterocycles. The fourth-order valence-corrected chi connectivity index (χ4v) is 6.19. The van der Waals surface area contributed by atoms with Crippen molar-refractivity contribution in [1.82, 2.24) is 5.32 Å². The van der Waals surface area contributed by atoms with Gasteiger partial charge in [0.05, 0.1) is 5.70 Å². The average Bonchev–Trinajstić information content (AvgIpc) is 2.78. The molecule has 0 amide bonds. The first-order chi connectivity index (χ1) is 15.6. The van der Waals surface area contributed by atoms with Gasteiger partial charge in [-0.3, -0.25) is 9.59 Å². The second-order valence-corrected chi connectivity index (χ2v) is 11.0. The molecule has 2 N–H and O–H groups in total. The first-order valence-electron chi connectivity index (χ1n) is 12.3. The van der Waals surface area contributed by atoms with Crippen LogP contribution in [-0.2, 0) is 16.0 Å². The van der Waals surface area contributed by atoms with Gasteiger partial charge in [-0.1, -0.05) is 76.1 Å². The Morgan fingerprint density at radius 2 is 1.85 bits per heavy atom. The number of aliphatic hydroxyl groups is 1. The first kappa shape index (κ1) is 23.5. The quantitative estimate of drug-likeness (QED) is 0.326. The maximum atomic E-state index is 12.9.